The highest BCUT2D eigenvalue weighted by atomic mass is 28.4. The first-order valence-electron chi connectivity index (χ1n) is 16.9. The second kappa shape index (κ2) is 12.7. The quantitative estimate of drug-likeness (QED) is 0.211. The van der Waals surface area contributed by atoms with Crippen LogP contribution >= 0.6 is 0 Å². The normalized spacial score (nSPS) is 32.7. The van der Waals surface area contributed by atoms with E-state index in [1.807, 2.05) is 76.2 Å². The molecule has 46 heavy (non-hydrogen) atoms. The number of Topliss-reactive ketones (excluding diaryl/α,β-unsaturated/α-hetero) is 1. The van der Waals surface area contributed by atoms with Crippen molar-refractivity contribution < 1.29 is 28.2 Å². The van der Waals surface area contributed by atoms with Crippen LogP contribution in [0.3, 0.4) is 0 Å². The minimum absolute atomic E-state index is 0.0109. The lowest BCUT2D eigenvalue weighted by molar-refractivity contribution is -0.382. The molecule has 3 fully saturated rings. The summed E-state index contributed by atoms with van der Waals surface area (Å²) in [4.78, 5) is 15.2. The van der Waals surface area contributed by atoms with Gasteiger partial charge in [-0.25, -0.2) is 0 Å². The molecular formula is C39H56O6Si. The Morgan fingerprint density at radius 1 is 0.870 bits per heavy atom. The number of ketones is 1. The van der Waals surface area contributed by atoms with Crippen LogP contribution in [0.1, 0.15) is 79.4 Å². The van der Waals surface area contributed by atoms with Gasteiger partial charge in [0.2, 0.25) is 0 Å². The number of ether oxygens (including phenoxy) is 4. The van der Waals surface area contributed by atoms with Gasteiger partial charge in [0, 0.05) is 11.3 Å². The van der Waals surface area contributed by atoms with E-state index < -0.39 is 49.4 Å². The fraction of sp³-hybridized carbons (Fsp3) is 0.615. The SMILES string of the molecule is C=C1CC[C@@H]2OC(C)(C)O[C@H]3[C@H](OCc4ccccc4)[C@H](O[Si](C)(C)C(C)(C)C)C(C)(C)C(=O)[C@@H](OCc4ccccc4)[C@H]1[C@@]23C. The van der Waals surface area contributed by atoms with Gasteiger partial charge in [0.1, 0.15) is 12.2 Å². The predicted octanol–water partition coefficient (Wildman–Crippen LogP) is 8.65. The molecule has 2 aliphatic carbocycles. The van der Waals surface area contributed by atoms with Gasteiger partial charge in [-0.15, -0.1) is 0 Å². The summed E-state index contributed by atoms with van der Waals surface area (Å²) in [7, 11) is -2.43. The molecule has 252 valence electrons. The van der Waals surface area contributed by atoms with Crippen molar-refractivity contribution in [3.05, 3.63) is 83.9 Å². The third kappa shape index (κ3) is 6.61. The number of hydrogen-bond donors (Lipinski definition) is 0. The smallest absolute Gasteiger partial charge is 0.192 e. The second-order valence-electron chi connectivity index (χ2n) is 16.4. The van der Waals surface area contributed by atoms with Crippen LogP contribution in [-0.2, 0) is 41.4 Å². The van der Waals surface area contributed by atoms with E-state index in [2.05, 4.69) is 59.5 Å². The van der Waals surface area contributed by atoms with Crippen LogP contribution in [-0.4, -0.2) is 50.4 Å². The minimum Gasteiger partial charge on any atom is -0.410 e. The molecule has 2 aromatic carbocycles. The number of benzene rings is 2. The van der Waals surface area contributed by atoms with Crippen LogP contribution < -0.4 is 0 Å². The summed E-state index contributed by atoms with van der Waals surface area (Å²) < 4.78 is 35.0. The molecule has 0 spiro atoms. The van der Waals surface area contributed by atoms with E-state index in [1.165, 1.54) is 0 Å². The Hall–Kier alpha value is -2.13. The van der Waals surface area contributed by atoms with E-state index in [-0.39, 0.29) is 22.8 Å². The van der Waals surface area contributed by atoms with Crippen LogP contribution in [0.25, 0.3) is 0 Å². The first-order valence-corrected chi connectivity index (χ1v) is 19.9. The standard InChI is InChI=1S/C39H56O6Si/c1-26-22-23-29-39(9)30(26)31(41-24-27-18-14-12-15-19-27)33(40)37(5,6)34(45-46(10,11)36(2,3)4)32(35(39)44-38(7,8)43-29)42-25-28-20-16-13-17-21-28/h12-21,29-32,34-35H,1,22-25H2,2-11H3/t29-,30-,31-,32+,34-,35-,39+/m0/s1. The molecule has 0 amide bonds. The molecule has 1 heterocycles. The Balaban J connectivity index is 1.69. The van der Waals surface area contributed by atoms with Gasteiger partial charge >= 0.3 is 0 Å². The lowest BCUT2D eigenvalue weighted by Crippen LogP contribution is -2.73. The molecule has 5 rings (SSSR count). The number of hydrogen-bond acceptors (Lipinski definition) is 6. The first kappa shape index (κ1) is 35.2. The summed E-state index contributed by atoms with van der Waals surface area (Å²) in [6, 6.07) is 20.3. The fourth-order valence-corrected chi connectivity index (χ4v) is 8.96. The zero-order valence-corrected chi connectivity index (χ0v) is 30.7. The Labute approximate surface area is 278 Å². The summed E-state index contributed by atoms with van der Waals surface area (Å²) in [6.07, 6.45) is -1.02. The second-order valence-corrected chi connectivity index (χ2v) is 21.2. The third-order valence-electron chi connectivity index (χ3n) is 11.3. The van der Waals surface area contributed by atoms with Crippen LogP contribution in [0.5, 0.6) is 0 Å². The molecular weight excluding hydrogens is 593 g/mol. The van der Waals surface area contributed by atoms with Crippen molar-refractivity contribution in [2.75, 3.05) is 0 Å². The molecule has 7 heteroatoms. The van der Waals surface area contributed by atoms with Crippen LogP contribution in [0, 0.1) is 16.7 Å². The highest BCUT2D eigenvalue weighted by molar-refractivity contribution is 6.74. The topological polar surface area (TPSA) is 63.2 Å². The lowest BCUT2D eigenvalue weighted by Gasteiger charge is -2.63. The first-order chi connectivity index (χ1) is 21.4. The monoisotopic (exact) mass is 648 g/mol. The summed E-state index contributed by atoms with van der Waals surface area (Å²) in [5.74, 6) is -1.18. The van der Waals surface area contributed by atoms with E-state index in [4.69, 9.17) is 23.4 Å². The molecule has 2 aromatic rings. The predicted molar refractivity (Wildman–Crippen MR) is 185 cm³/mol. The summed E-state index contributed by atoms with van der Waals surface area (Å²) in [5.41, 5.74) is 1.43. The largest absolute Gasteiger partial charge is 0.410 e. The van der Waals surface area contributed by atoms with Crippen LogP contribution in [0.2, 0.25) is 18.1 Å². The molecule has 0 radical (unpaired) electrons. The maximum Gasteiger partial charge on any atom is 0.192 e. The van der Waals surface area contributed by atoms with Crippen molar-refractivity contribution in [2.45, 2.75) is 136 Å². The zero-order valence-electron chi connectivity index (χ0n) is 29.7. The fourth-order valence-electron chi connectivity index (χ4n) is 7.54. The van der Waals surface area contributed by atoms with Gasteiger partial charge < -0.3 is 23.4 Å². The molecule has 2 saturated carbocycles. The van der Waals surface area contributed by atoms with Crippen molar-refractivity contribution in [1.29, 1.82) is 0 Å². The lowest BCUT2D eigenvalue weighted by atomic mass is 9.53. The Bertz CT molecular complexity index is 1380. The van der Waals surface area contributed by atoms with Crippen molar-refractivity contribution in [1.82, 2.24) is 0 Å². The number of carbonyl (C=O) groups excluding carboxylic acids is 1. The molecule has 7 atom stereocenters. The molecule has 6 nitrogen and oxygen atoms in total. The van der Waals surface area contributed by atoms with Gasteiger partial charge in [-0.2, -0.15) is 0 Å². The third-order valence-corrected chi connectivity index (χ3v) is 15.7. The van der Waals surface area contributed by atoms with E-state index in [0.29, 0.717) is 13.2 Å². The van der Waals surface area contributed by atoms with E-state index in [0.717, 1.165) is 29.5 Å². The van der Waals surface area contributed by atoms with E-state index >= 15 is 4.79 Å². The Morgan fingerprint density at radius 2 is 1.41 bits per heavy atom. The number of carbonyl (C=O) groups is 1. The van der Waals surface area contributed by atoms with E-state index in [9.17, 15) is 0 Å². The average Bonchev–Trinajstić information content (AvgIpc) is 2.98. The molecule has 1 saturated heterocycles. The van der Waals surface area contributed by atoms with Crippen molar-refractivity contribution in [2.24, 2.45) is 16.7 Å². The highest BCUT2D eigenvalue weighted by Crippen LogP contribution is 2.59. The summed E-state index contributed by atoms with van der Waals surface area (Å²) in [6.45, 7) is 26.7. The average molecular weight is 649 g/mol. The van der Waals surface area contributed by atoms with Gasteiger partial charge in [-0.3, -0.25) is 4.79 Å². The maximum atomic E-state index is 15.2. The van der Waals surface area contributed by atoms with Crippen LogP contribution in [0.15, 0.2) is 72.8 Å². The van der Waals surface area contributed by atoms with Gasteiger partial charge in [0.15, 0.2) is 19.9 Å². The Kier molecular flexibility index (Phi) is 9.73. The van der Waals surface area contributed by atoms with Gasteiger partial charge in [-0.05, 0) is 55.9 Å². The molecule has 0 N–H and O–H groups in total. The minimum atomic E-state index is -2.43. The van der Waals surface area contributed by atoms with Crippen molar-refractivity contribution >= 4 is 14.1 Å². The van der Waals surface area contributed by atoms with Gasteiger partial charge in [-0.1, -0.05) is 114 Å². The maximum absolute atomic E-state index is 15.2. The Morgan fingerprint density at radius 3 is 1.96 bits per heavy atom. The van der Waals surface area contributed by atoms with E-state index in [1.54, 1.807) is 0 Å². The van der Waals surface area contributed by atoms with Crippen molar-refractivity contribution in [3.63, 3.8) is 0 Å². The summed E-state index contributed by atoms with van der Waals surface area (Å²) in [5, 5.41) is -0.0917. The molecule has 3 aliphatic rings. The van der Waals surface area contributed by atoms with Crippen LogP contribution in [0.4, 0.5) is 0 Å². The van der Waals surface area contributed by atoms with Crippen molar-refractivity contribution in [3.8, 4) is 0 Å². The summed E-state index contributed by atoms with van der Waals surface area (Å²) >= 11 is 0. The molecule has 1 aliphatic heterocycles. The zero-order chi connectivity index (χ0) is 33.7. The molecule has 0 bridgehead atoms. The van der Waals surface area contributed by atoms with Gasteiger partial charge in [0.05, 0.1) is 36.9 Å². The highest BCUT2D eigenvalue weighted by Gasteiger charge is 2.67. The molecule has 0 aromatic heterocycles. The number of rotatable bonds is 8. The van der Waals surface area contributed by atoms with Gasteiger partial charge in [0.25, 0.3) is 0 Å². The molecule has 0 unspecified atom stereocenters.